The highest BCUT2D eigenvalue weighted by atomic mass is 32.2. The van der Waals surface area contributed by atoms with Crippen molar-refractivity contribution in [3.8, 4) is 16.9 Å². The number of aliphatic hydroxyl groups excluding tert-OH is 1. The molecule has 15 rings (SSSR count). The monoisotopic (exact) mass is 1690 g/mol. The van der Waals surface area contributed by atoms with Gasteiger partial charge >= 0.3 is 16.2 Å². The average molecular weight is 1700 g/mol. The summed E-state index contributed by atoms with van der Waals surface area (Å²) in [5, 5.41) is 15.1. The fourth-order valence-corrected chi connectivity index (χ4v) is 17.0. The van der Waals surface area contributed by atoms with E-state index >= 15 is 13.2 Å². The van der Waals surface area contributed by atoms with Gasteiger partial charge in [-0.2, -0.15) is 8.42 Å². The lowest BCUT2D eigenvalue weighted by Crippen LogP contribution is -2.66. The molecule has 22 heteroatoms. The number of imide groups is 1. The van der Waals surface area contributed by atoms with Crippen molar-refractivity contribution >= 4 is 27.8 Å². The zero-order valence-electron chi connectivity index (χ0n) is 68.4. The molecule has 0 bridgehead atoms. The summed E-state index contributed by atoms with van der Waals surface area (Å²) in [6.07, 6.45) is -12.6. The normalized spacial score (nSPS) is 20.9. The van der Waals surface area contributed by atoms with Gasteiger partial charge in [0, 0.05) is 5.69 Å². The zero-order valence-corrected chi connectivity index (χ0v) is 69.2. The molecule has 4 unspecified atom stereocenters. The molecule has 124 heavy (non-hydrogen) atoms. The Bertz CT molecular complexity index is 5350. The lowest BCUT2D eigenvalue weighted by Gasteiger charge is -2.50. The topological polar surface area (TPSA) is 215 Å². The van der Waals surface area contributed by atoms with Gasteiger partial charge in [0.15, 0.2) is 6.29 Å². The van der Waals surface area contributed by atoms with E-state index in [0.717, 1.165) is 49.4 Å². The van der Waals surface area contributed by atoms with Gasteiger partial charge in [0.25, 0.3) is 0 Å². The van der Waals surface area contributed by atoms with Gasteiger partial charge in [0.2, 0.25) is 5.91 Å². The summed E-state index contributed by atoms with van der Waals surface area (Å²) in [7, 11) is -4.66. The van der Waals surface area contributed by atoms with Gasteiger partial charge in [-0.3, -0.25) is 4.79 Å². The Morgan fingerprint density at radius 3 is 1.26 bits per heavy atom. The molecule has 0 radical (unpaired) electrons. The van der Waals surface area contributed by atoms with Crippen LogP contribution in [0.4, 0.5) is 19.3 Å². The maximum absolute atomic E-state index is 15.4. The highest BCUT2D eigenvalue weighted by Crippen LogP contribution is 2.41. The first-order valence-electron chi connectivity index (χ1n) is 41.8. The molecule has 2 amide bonds. The van der Waals surface area contributed by atoms with Crippen molar-refractivity contribution in [1.82, 2.24) is 4.90 Å². The van der Waals surface area contributed by atoms with Crippen LogP contribution in [0.5, 0.6) is 5.75 Å². The Balaban J connectivity index is 0.750. The van der Waals surface area contributed by atoms with Gasteiger partial charge in [0.05, 0.1) is 83.6 Å². The van der Waals surface area contributed by atoms with Gasteiger partial charge in [-0.15, -0.1) is 0 Å². The summed E-state index contributed by atoms with van der Waals surface area (Å²) in [5.74, 6) is -3.34. The minimum Gasteiger partial charge on any atom is -0.447 e. The number of hydrogen-bond donors (Lipinski definition) is 2. The van der Waals surface area contributed by atoms with E-state index in [-0.39, 0.29) is 84.7 Å². The molecule has 3 aliphatic heterocycles. The molecule has 12 aromatic carbocycles. The number of cyclic esters (lactones) is 1. The SMILES string of the molecule is O=C1OC[C@H](Cc2ccccc2)N1C(=O)[C@H](CC[C@H](O)c1ccc(F)cc1)[C@H](Nc1ccc(F)cc1)c1ccc(-c2ccc(OS(=O)(=O)C[C@@H]3OC(COCc4ccccc4)[C@@H](O[C@@H]4OC(COCc5ccccc5)[C@@H](OCc5ccccc5)[C@@H](OCc5ccccc5)C4OCc4ccccc4)[C@@H](OCc4ccccc4)C3OCc3ccccc3)cc2)cc1. The smallest absolute Gasteiger partial charge is 0.416 e. The van der Waals surface area contributed by atoms with Crippen LogP contribution in [0.15, 0.2) is 340 Å². The molecule has 14 atom stereocenters. The van der Waals surface area contributed by atoms with Crippen LogP contribution < -0.4 is 9.50 Å². The molecular formula is C102H100F2N2O17S. The first kappa shape index (κ1) is 87.5. The zero-order chi connectivity index (χ0) is 85.2. The number of carbonyl (C=O) groups is 2. The number of rotatable bonds is 41. The van der Waals surface area contributed by atoms with Crippen LogP contribution in [-0.4, -0.2) is 123 Å². The number of hydrogen-bond acceptors (Lipinski definition) is 18. The number of nitrogens with one attached hydrogen (secondary N) is 1. The molecule has 3 saturated heterocycles. The van der Waals surface area contributed by atoms with Crippen LogP contribution in [-0.2, 0) is 120 Å². The van der Waals surface area contributed by atoms with Crippen molar-refractivity contribution in [3.63, 3.8) is 0 Å². The van der Waals surface area contributed by atoms with Crippen molar-refractivity contribution in [1.29, 1.82) is 0 Å². The average Bonchev–Trinajstić information content (AvgIpc) is 0.800. The molecule has 0 spiro atoms. The van der Waals surface area contributed by atoms with Crippen molar-refractivity contribution in [2.45, 2.75) is 145 Å². The van der Waals surface area contributed by atoms with Gasteiger partial charge in [-0.25, -0.2) is 18.5 Å². The summed E-state index contributed by atoms with van der Waals surface area (Å²) >= 11 is 0. The summed E-state index contributed by atoms with van der Waals surface area (Å²) in [6, 6.07) is 101. The van der Waals surface area contributed by atoms with Crippen LogP contribution in [0.1, 0.15) is 80.6 Å². The number of aliphatic hydroxyl groups is 1. The Hall–Kier alpha value is -11.5. The van der Waals surface area contributed by atoms with E-state index in [9.17, 15) is 18.7 Å². The molecule has 19 nitrogen and oxygen atoms in total. The number of amides is 2. The van der Waals surface area contributed by atoms with E-state index in [1.807, 2.05) is 267 Å². The summed E-state index contributed by atoms with van der Waals surface area (Å²) < 4.78 is 143. The Morgan fingerprint density at radius 2 is 0.798 bits per heavy atom. The van der Waals surface area contributed by atoms with E-state index < -0.39 is 125 Å². The third-order valence-corrected chi connectivity index (χ3v) is 23.5. The molecular weight excluding hydrogens is 1600 g/mol. The second kappa shape index (κ2) is 43.7. The van der Waals surface area contributed by atoms with Crippen LogP contribution in [0.2, 0.25) is 0 Å². The minimum absolute atomic E-state index is 0.00843. The number of nitrogens with zero attached hydrogens (tertiary/aromatic N) is 1. The highest BCUT2D eigenvalue weighted by Gasteiger charge is 2.55. The van der Waals surface area contributed by atoms with E-state index in [0.29, 0.717) is 34.4 Å². The van der Waals surface area contributed by atoms with Crippen LogP contribution >= 0.6 is 0 Å². The molecule has 2 N–H and O–H groups in total. The van der Waals surface area contributed by atoms with Gasteiger partial charge < -0.3 is 66.7 Å². The second-order valence-electron chi connectivity index (χ2n) is 31.1. The van der Waals surface area contributed by atoms with Crippen LogP contribution in [0, 0.1) is 17.6 Å². The van der Waals surface area contributed by atoms with Crippen LogP contribution in [0.3, 0.4) is 0 Å². The lowest BCUT2D eigenvalue weighted by atomic mass is 9.85. The Kier molecular flexibility index (Phi) is 30.8. The van der Waals surface area contributed by atoms with Crippen molar-refractivity contribution in [3.05, 3.63) is 407 Å². The lowest BCUT2D eigenvalue weighted by molar-refractivity contribution is -0.362. The van der Waals surface area contributed by atoms with Gasteiger partial charge in [-0.1, -0.05) is 291 Å². The first-order chi connectivity index (χ1) is 60.7. The molecule has 3 fully saturated rings. The summed E-state index contributed by atoms with van der Waals surface area (Å²) in [4.78, 5) is 30.4. The third-order valence-electron chi connectivity index (χ3n) is 22.3. The van der Waals surface area contributed by atoms with Crippen molar-refractivity contribution in [2.75, 3.05) is 30.9 Å². The number of benzene rings is 12. The first-order valence-corrected chi connectivity index (χ1v) is 43.4. The summed E-state index contributed by atoms with van der Waals surface area (Å²) in [6.45, 7) is 0.621. The number of ether oxygens (including phenoxy) is 11. The summed E-state index contributed by atoms with van der Waals surface area (Å²) in [5.41, 5.74) is 9.80. The van der Waals surface area contributed by atoms with E-state index in [1.165, 1.54) is 36.4 Å². The molecule has 12 aromatic rings. The highest BCUT2D eigenvalue weighted by molar-refractivity contribution is 7.87. The van der Waals surface area contributed by atoms with E-state index in [1.54, 1.807) is 36.4 Å². The minimum atomic E-state index is -4.66. The maximum Gasteiger partial charge on any atom is 0.416 e. The molecule has 3 aliphatic rings. The molecule has 0 aliphatic carbocycles. The van der Waals surface area contributed by atoms with E-state index in [4.69, 9.17) is 56.3 Å². The predicted molar refractivity (Wildman–Crippen MR) is 465 cm³/mol. The third kappa shape index (κ3) is 24.3. The molecule has 0 saturated carbocycles. The molecule has 0 aromatic heterocycles. The fourth-order valence-electron chi connectivity index (χ4n) is 15.9. The molecule has 3 heterocycles. The largest absolute Gasteiger partial charge is 0.447 e. The number of carbonyl (C=O) groups excluding carboxylic acids is 2. The Morgan fingerprint density at radius 1 is 0.419 bits per heavy atom. The van der Waals surface area contributed by atoms with Crippen LogP contribution in [0.25, 0.3) is 11.1 Å². The van der Waals surface area contributed by atoms with E-state index in [2.05, 4.69) is 5.32 Å². The molecule has 640 valence electrons. The van der Waals surface area contributed by atoms with Crippen molar-refractivity contribution < 1.29 is 88.2 Å². The second-order valence-corrected chi connectivity index (χ2v) is 32.7. The number of halogens is 2. The number of anilines is 1. The maximum atomic E-state index is 15.4. The van der Waals surface area contributed by atoms with Gasteiger partial charge in [0.1, 0.15) is 84.7 Å². The van der Waals surface area contributed by atoms with Crippen molar-refractivity contribution in [2.24, 2.45) is 5.92 Å². The predicted octanol–water partition coefficient (Wildman–Crippen LogP) is 18.5. The standard InChI is InChI=1S/C102H100F2N2O17S/c103-83-49-45-81(46-50-83)89(107)58-57-88(100(108)106-86(67-119-102(106)109)59-71-25-9-1-10-26-71)93(105-85-53-51-84(104)52-54-85)82-43-41-79(42-44-82)80-47-55-87(56-48-80)123-124(110,111)70-92-95(115-63-75-33-17-5-18-34-75)97(116-64-76-35-19-6-20-36-76)96(91(120-92)69-113-61-73-29-13-3-14-30-73)122-101-99(118-66-78-39-23-8-24-40-78)98(117-65-77-37-21-7-22-38-77)94(114-62-74-31-15-4-16-32-74)90(121-101)68-112-60-72-27-11-2-12-28-72/h1-56,86,88-99,101,105,107H,57-70H2/t86-,88+,89-,90?,91?,92-,93+,94+,95?,96+,97-,98+,99?,101-/m0/s1. The Labute approximate surface area is 722 Å². The van der Waals surface area contributed by atoms with Gasteiger partial charge in [-0.05, 0) is 135 Å². The fraction of sp³-hybridized carbons (Fsp3) is 0.275. The quantitative estimate of drug-likeness (QED) is 0.0341.